The molecule has 19 heavy (non-hydrogen) atoms. The molecule has 0 saturated heterocycles. The van der Waals surface area contributed by atoms with E-state index in [9.17, 15) is 9.59 Å². The van der Waals surface area contributed by atoms with Gasteiger partial charge in [-0.05, 0) is 27.2 Å². The number of carbonyl (C=O) groups is 2. The van der Waals surface area contributed by atoms with Crippen LogP contribution in [0.1, 0.15) is 34.1 Å². The molecule has 0 spiro atoms. The Hall–Kier alpha value is -1.30. The first-order valence-corrected chi connectivity index (χ1v) is 6.63. The molecule has 0 saturated carbocycles. The van der Waals surface area contributed by atoms with Gasteiger partial charge in [0, 0.05) is 25.7 Å². The fourth-order valence-corrected chi connectivity index (χ4v) is 1.55. The lowest BCUT2D eigenvalue weighted by Crippen LogP contribution is -2.51. The van der Waals surface area contributed by atoms with Gasteiger partial charge in [-0.3, -0.25) is 4.79 Å². The summed E-state index contributed by atoms with van der Waals surface area (Å²) >= 11 is 0. The zero-order valence-electron chi connectivity index (χ0n) is 12.5. The molecule has 2 N–H and O–H groups in total. The molecule has 3 unspecified atom stereocenters. The van der Waals surface area contributed by atoms with Crippen LogP contribution in [0.25, 0.3) is 0 Å². The molecule has 0 aliphatic heterocycles. The van der Waals surface area contributed by atoms with Gasteiger partial charge in [-0.15, -0.1) is 0 Å². The fraction of sp³-hybridized carbons (Fsp3) is 0.846. The van der Waals surface area contributed by atoms with Crippen LogP contribution in [0.2, 0.25) is 0 Å². The topological polar surface area (TPSA) is 78.9 Å². The summed E-state index contributed by atoms with van der Waals surface area (Å²) in [4.78, 5) is 24.7. The molecule has 0 rings (SSSR count). The minimum Gasteiger partial charge on any atom is -0.481 e. The van der Waals surface area contributed by atoms with Crippen molar-refractivity contribution in [3.05, 3.63) is 0 Å². The molecular formula is C13H26N2O4. The fourth-order valence-electron chi connectivity index (χ4n) is 1.55. The maximum absolute atomic E-state index is 12.2. The molecule has 0 heterocycles. The maximum Gasteiger partial charge on any atom is 0.317 e. The van der Waals surface area contributed by atoms with Crippen LogP contribution >= 0.6 is 0 Å². The number of ether oxygens (including phenoxy) is 1. The Kier molecular flexibility index (Phi) is 8.14. The number of methoxy groups -OCH3 is 1. The molecule has 0 aromatic carbocycles. The van der Waals surface area contributed by atoms with E-state index in [-0.39, 0.29) is 12.1 Å². The first-order valence-electron chi connectivity index (χ1n) is 6.63. The molecule has 0 aromatic rings. The molecule has 112 valence electrons. The van der Waals surface area contributed by atoms with E-state index < -0.39 is 17.9 Å². The third-order valence-corrected chi connectivity index (χ3v) is 3.41. The standard InChI is InChI=1S/C13H26N2O4/c1-6-9(2)15(7-8-19-5)13(18)14-11(4)10(3)12(16)17/h9-11H,6-8H2,1-5H3,(H,14,18)(H,16,17). The van der Waals surface area contributed by atoms with Crippen molar-refractivity contribution in [1.82, 2.24) is 10.2 Å². The number of amides is 2. The third kappa shape index (κ3) is 5.92. The summed E-state index contributed by atoms with van der Waals surface area (Å²) in [5, 5.41) is 11.7. The molecule has 0 aliphatic carbocycles. The lowest BCUT2D eigenvalue weighted by Gasteiger charge is -2.30. The molecule has 0 aliphatic rings. The van der Waals surface area contributed by atoms with Gasteiger partial charge in [-0.25, -0.2) is 4.79 Å². The van der Waals surface area contributed by atoms with Crippen LogP contribution in [-0.2, 0) is 9.53 Å². The number of hydrogen-bond donors (Lipinski definition) is 2. The van der Waals surface area contributed by atoms with Crippen LogP contribution in [-0.4, -0.2) is 54.4 Å². The number of carboxylic acid groups (broad SMARTS) is 1. The zero-order chi connectivity index (χ0) is 15.0. The summed E-state index contributed by atoms with van der Waals surface area (Å²) in [5.41, 5.74) is 0. The van der Waals surface area contributed by atoms with Crippen LogP contribution in [0, 0.1) is 5.92 Å². The van der Waals surface area contributed by atoms with Crippen molar-refractivity contribution in [1.29, 1.82) is 0 Å². The summed E-state index contributed by atoms with van der Waals surface area (Å²) in [7, 11) is 1.59. The summed E-state index contributed by atoms with van der Waals surface area (Å²) < 4.78 is 4.99. The number of rotatable bonds is 8. The van der Waals surface area contributed by atoms with Crippen molar-refractivity contribution < 1.29 is 19.4 Å². The van der Waals surface area contributed by atoms with Gasteiger partial charge in [-0.1, -0.05) is 6.92 Å². The number of carbonyl (C=O) groups excluding carboxylic acids is 1. The van der Waals surface area contributed by atoms with E-state index in [0.29, 0.717) is 13.2 Å². The Morgan fingerprint density at radius 1 is 1.32 bits per heavy atom. The molecular weight excluding hydrogens is 248 g/mol. The number of nitrogens with zero attached hydrogens (tertiary/aromatic N) is 1. The summed E-state index contributed by atoms with van der Waals surface area (Å²) in [6.45, 7) is 8.19. The Bertz CT molecular complexity index is 296. The van der Waals surface area contributed by atoms with Crippen LogP contribution in [0.5, 0.6) is 0 Å². The van der Waals surface area contributed by atoms with Gasteiger partial charge in [0.1, 0.15) is 0 Å². The monoisotopic (exact) mass is 274 g/mol. The summed E-state index contributed by atoms with van der Waals surface area (Å²) in [6, 6.07) is -0.575. The highest BCUT2D eigenvalue weighted by molar-refractivity contribution is 5.76. The normalized spacial score (nSPS) is 15.4. The van der Waals surface area contributed by atoms with Crippen molar-refractivity contribution in [3.8, 4) is 0 Å². The second kappa shape index (κ2) is 8.74. The highest BCUT2D eigenvalue weighted by Gasteiger charge is 2.25. The minimum absolute atomic E-state index is 0.0856. The third-order valence-electron chi connectivity index (χ3n) is 3.41. The van der Waals surface area contributed by atoms with Gasteiger partial charge < -0.3 is 20.1 Å². The van der Waals surface area contributed by atoms with Crippen LogP contribution in [0.15, 0.2) is 0 Å². The van der Waals surface area contributed by atoms with Gasteiger partial charge >= 0.3 is 12.0 Å². The molecule has 6 nitrogen and oxygen atoms in total. The maximum atomic E-state index is 12.2. The Morgan fingerprint density at radius 2 is 1.89 bits per heavy atom. The SMILES string of the molecule is CCC(C)N(CCOC)C(=O)NC(C)C(C)C(=O)O. The van der Waals surface area contributed by atoms with E-state index in [4.69, 9.17) is 9.84 Å². The predicted octanol–water partition coefficient (Wildman–Crippen LogP) is 1.55. The summed E-state index contributed by atoms with van der Waals surface area (Å²) in [6.07, 6.45) is 0.833. The quantitative estimate of drug-likeness (QED) is 0.704. The number of nitrogens with one attached hydrogen (secondary N) is 1. The Balaban J connectivity index is 4.58. The van der Waals surface area contributed by atoms with Crippen molar-refractivity contribution in [2.75, 3.05) is 20.3 Å². The van der Waals surface area contributed by atoms with Crippen molar-refractivity contribution in [2.45, 2.75) is 46.2 Å². The average molecular weight is 274 g/mol. The van der Waals surface area contributed by atoms with E-state index in [2.05, 4.69) is 5.32 Å². The van der Waals surface area contributed by atoms with E-state index in [1.807, 2.05) is 13.8 Å². The van der Waals surface area contributed by atoms with Crippen molar-refractivity contribution in [2.24, 2.45) is 5.92 Å². The largest absolute Gasteiger partial charge is 0.481 e. The Labute approximate surface area is 115 Å². The van der Waals surface area contributed by atoms with Gasteiger partial charge in [0.05, 0.1) is 12.5 Å². The predicted molar refractivity (Wildman–Crippen MR) is 73.1 cm³/mol. The number of carboxylic acids is 1. The highest BCUT2D eigenvalue weighted by Crippen LogP contribution is 2.07. The molecule has 6 heteroatoms. The lowest BCUT2D eigenvalue weighted by atomic mass is 10.0. The number of aliphatic carboxylic acids is 1. The van der Waals surface area contributed by atoms with Gasteiger partial charge in [0.25, 0.3) is 0 Å². The van der Waals surface area contributed by atoms with E-state index in [1.165, 1.54) is 0 Å². The van der Waals surface area contributed by atoms with Gasteiger partial charge in [-0.2, -0.15) is 0 Å². The van der Waals surface area contributed by atoms with Crippen molar-refractivity contribution in [3.63, 3.8) is 0 Å². The molecule has 0 fully saturated rings. The Morgan fingerprint density at radius 3 is 2.32 bits per heavy atom. The lowest BCUT2D eigenvalue weighted by molar-refractivity contribution is -0.141. The van der Waals surface area contributed by atoms with E-state index in [1.54, 1.807) is 25.9 Å². The van der Waals surface area contributed by atoms with Gasteiger partial charge in [0.2, 0.25) is 0 Å². The number of hydrogen-bond acceptors (Lipinski definition) is 3. The molecule has 3 atom stereocenters. The first kappa shape index (κ1) is 17.7. The summed E-state index contributed by atoms with van der Waals surface area (Å²) in [5.74, 6) is -1.54. The average Bonchev–Trinajstić information content (AvgIpc) is 2.37. The molecule has 2 amide bonds. The highest BCUT2D eigenvalue weighted by atomic mass is 16.5. The zero-order valence-corrected chi connectivity index (χ0v) is 12.5. The van der Waals surface area contributed by atoms with E-state index in [0.717, 1.165) is 6.42 Å². The van der Waals surface area contributed by atoms with Crippen LogP contribution < -0.4 is 5.32 Å². The first-order chi connectivity index (χ1) is 8.84. The minimum atomic E-state index is -0.917. The van der Waals surface area contributed by atoms with Crippen LogP contribution in [0.4, 0.5) is 4.79 Å². The number of urea groups is 1. The van der Waals surface area contributed by atoms with Crippen molar-refractivity contribution >= 4 is 12.0 Å². The molecule has 0 aromatic heterocycles. The van der Waals surface area contributed by atoms with E-state index >= 15 is 0 Å². The molecule has 0 radical (unpaired) electrons. The van der Waals surface area contributed by atoms with Gasteiger partial charge in [0.15, 0.2) is 0 Å². The second-order valence-corrected chi connectivity index (χ2v) is 4.81. The smallest absolute Gasteiger partial charge is 0.317 e. The second-order valence-electron chi connectivity index (χ2n) is 4.81. The van der Waals surface area contributed by atoms with Crippen LogP contribution in [0.3, 0.4) is 0 Å². The molecule has 0 bridgehead atoms.